The molecular formula is C5H10MgO5S. The van der Waals surface area contributed by atoms with Gasteiger partial charge in [0.25, 0.3) is 0 Å². The van der Waals surface area contributed by atoms with Gasteiger partial charge in [-0.1, -0.05) is 6.92 Å². The lowest BCUT2D eigenvalue weighted by Gasteiger charge is -1.99. The van der Waals surface area contributed by atoms with Crippen molar-refractivity contribution in [2.75, 3.05) is 5.94 Å². The van der Waals surface area contributed by atoms with Gasteiger partial charge < -0.3 is 4.74 Å². The zero-order valence-corrected chi connectivity index (χ0v) is 9.05. The molecule has 7 heteroatoms. The molecule has 1 N–H and O–H groups in total. The first-order chi connectivity index (χ1) is 4.95. The number of carbonyl (C=O) groups excluding carboxylic acids is 1. The molecule has 0 amide bonds. The summed E-state index contributed by atoms with van der Waals surface area (Å²) >= 11 is 0. The summed E-state index contributed by atoms with van der Waals surface area (Å²) in [4.78, 5) is 10.5. The molecule has 0 saturated carbocycles. The number of carbonyl (C=O) groups is 1. The van der Waals surface area contributed by atoms with Crippen LogP contribution >= 0.6 is 0 Å². The third kappa shape index (κ3) is 10.1. The highest BCUT2D eigenvalue weighted by Gasteiger charge is 2.08. The summed E-state index contributed by atoms with van der Waals surface area (Å²) in [5.41, 5.74) is 0. The second-order valence-corrected chi connectivity index (χ2v) is 3.37. The SMILES string of the molecule is CCCC(=O)OCS(=O)(=O)O.[Mg]. The van der Waals surface area contributed by atoms with Gasteiger partial charge >= 0.3 is 16.1 Å². The maximum absolute atomic E-state index is 10.5. The Hall–Kier alpha value is 0.146. The fourth-order valence-electron chi connectivity index (χ4n) is 0.416. The smallest absolute Gasteiger partial charge is 0.306 e. The van der Waals surface area contributed by atoms with E-state index in [2.05, 4.69) is 4.74 Å². The van der Waals surface area contributed by atoms with E-state index in [0.717, 1.165) is 0 Å². The molecule has 12 heavy (non-hydrogen) atoms. The van der Waals surface area contributed by atoms with Crippen molar-refractivity contribution in [2.45, 2.75) is 19.8 Å². The molecule has 0 spiro atoms. The predicted molar refractivity (Wildman–Crippen MR) is 43.2 cm³/mol. The fraction of sp³-hybridized carbons (Fsp3) is 0.800. The Kier molecular flexibility index (Phi) is 8.11. The van der Waals surface area contributed by atoms with Crippen LogP contribution in [0.4, 0.5) is 0 Å². The number of rotatable bonds is 4. The van der Waals surface area contributed by atoms with Crippen LogP contribution in [0.1, 0.15) is 19.8 Å². The quantitative estimate of drug-likeness (QED) is 0.391. The van der Waals surface area contributed by atoms with E-state index in [0.29, 0.717) is 6.42 Å². The molecule has 0 heterocycles. The predicted octanol–water partition coefficient (Wildman–Crippen LogP) is -0.206. The number of hydrogen-bond donors (Lipinski definition) is 1. The maximum Gasteiger partial charge on any atom is 0.306 e. The van der Waals surface area contributed by atoms with Gasteiger partial charge in [-0.15, -0.1) is 0 Å². The molecule has 0 bridgehead atoms. The van der Waals surface area contributed by atoms with E-state index in [4.69, 9.17) is 4.55 Å². The first kappa shape index (κ1) is 14.7. The summed E-state index contributed by atoms with van der Waals surface area (Å²) < 4.78 is 32.3. The number of hydrogen-bond acceptors (Lipinski definition) is 4. The summed E-state index contributed by atoms with van der Waals surface area (Å²) in [5, 5.41) is 0. The van der Waals surface area contributed by atoms with E-state index in [9.17, 15) is 13.2 Å². The fourth-order valence-corrected chi connectivity index (χ4v) is 0.697. The van der Waals surface area contributed by atoms with Gasteiger partial charge in [-0.05, 0) is 6.42 Å². The van der Waals surface area contributed by atoms with Crippen LogP contribution in [-0.2, 0) is 19.6 Å². The molecule has 0 aromatic heterocycles. The molecule has 0 rings (SSSR count). The van der Waals surface area contributed by atoms with Crippen LogP contribution in [0.25, 0.3) is 0 Å². The number of esters is 1. The second kappa shape index (κ2) is 6.64. The van der Waals surface area contributed by atoms with Crippen molar-refractivity contribution in [3.8, 4) is 0 Å². The van der Waals surface area contributed by atoms with Crippen LogP contribution in [0.5, 0.6) is 0 Å². The molecule has 0 saturated heterocycles. The van der Waals surface area contributed by atoms with Gasteiger partial charge in [-0.25, -0.2) is 0 Å². The van der Waals surface area contributed by atoms with Crippen LogP contribution < -0.4 is 0 Å². The Labute approximate surface area is 87.4 Å². The van der Waals surface area contributed by atoms with Crippen LogP contribution in [0.2, 0.25) is 0 Å². The summed E-state index contributed by atoms with van der Waals surface area (Å²) in [5.74, 6) is -1.57. The maximum atomic E-state index is 10.5. The van der Waals surface area contributed by atoms with Gasteiger partial charge in [0.05, 0.1) is 0 Å². The Morgan fingerprint density at radius 3 is 2.33 bits per heavy atom. The molecule has 2 radical (unpaired) electrons. The molecule has 0 aliphatic carbocycles. The highest BCUT2D eigenvalue weighted by Crippen LogP contribution is 1.92. The van der Waals surface area contributed by atoms with Crippen molar-refractivity contribution in [3.63, 3.8) is 0 Å². The van der Waals surface area contributed by atoms with Crippen molar-refractivity contribution >= 4 is 39.1 Å². The van der Waals surface area contributed by atoms with Crippen molar-refractivity contribution in [2.24, 2.45) is 0 Å². The minimum atomic E-state index is -4.18. The van der Waals surface area contributed by atoms with E-state index < -0.39 is 22.0 Å². The van der Waals surface area contributed by atoms with Crippen molar-refractivity contribution in [1.29, 1.82) is 0 Å². The van der Waals surface area contributed by atoms with E-state index in [1.54, 1.807) is 6.92 Å². The second-order valence-electron chi connectivity index (χ2n) is 1.97. The van der Waals surface area contributed by atoms with Gasteiger partial charge in [-0.2, -0.15) is 8.42 Å². The summed E-state index contributed by atoms with van der Waals surface area (Å²) in [7, 11) is -4.18. The average molecular weight is 207 g/mol. The normalized spacial score (nSPS) is 10.2. The molecule has 0 atom stereocenters. The molecule has 0 fully saturated rings. The zero-order valence-electron chi connectivity index (χ0n) is 6.82. The van der Waals surface area contributed by atoms with Crippen LogP contribution in [0.3, 0.4) is 0 Å². The Morgan fingerprint density at radius 2 is 2.00 bits per heavy atom. The summed E-state index contributed by atoms with van der Waals surface area (Å²) in [6, 6.07) is 0. The van der Waals surface area contributed by atoms with Gasteiger partial charge in [0, 0.05) is 29.5 Å². The molecule has 0 aromatic carbocycles. The molecule has 0 unspecified atom stereocenters. The van der Waals surface area contributed by atoms with E-state index >= 15 is 0 Å². The van der Waals surface area contributed by atoms with E-state index in [1.807, 2.05) is 0 Å². The third-order valence-corrected chi connectivity index (χ3v) is 1.24. The first-order valence-corrected chi connectivity index (χ1v) is 4.67. The van der Waals surface area contributed by atoms with Crippen LogP contribution in [-0.4, -0.2) is 47.9 Å². The minimum Gasteiger partial charge on any atom is -0.447 e. The average Bonchev–Trinajstić information content (AvgIpc) is 1.83. The van der Waals surface area contributed by atoms with Gasteiger partial charge in [-0.3, -0.25) is 9.35 Å². The Bertz CT molecular complexity index is 222. The van der Waals surface area contributed by atoms with E-state index in [1.165, 1.54) is 0 Å². The molecule has 0 aliphatic heterocycles. The van der Waals surface area contributed by atoms with Gasteiger partial charge in [0.2, 0.25) is 5.94 Å². The van der Waals surface area contributed by atoms with Crippen molar-refractivity contribution in [3.05, 3.63) is 0 Å². The zero-order chi connectivity index (χ0) is 8.91. The molecule has 68 valence electrons. The topological polar surface area (TPSA) is 80.7 Å². The standard InChI is InChI=1S/C5H10O5S.Mg/c1-2-3-5(6)10-4-11(7,8)9;/h2-4H2,1H3,(H,7,8,9);. The number of ether oxygens (including phenoxy) is 1. The lowest BCUT2D eigenvalue weighted by Crippen LogP contribution is -2.12. The van der Waals surface area contributed by atoms with Crippen LogP contribution in [0.15, 0.2) is 0 Å². The summed E-state index contributed by atoms with van der Waals surface area (Å²) in [6.07, 6.45) is 0.750. The highest BCUT2D eigenvalue weighted by atomic mass is 32.2. The highest BCUT2D eigenvalue weighted by molar-refractivity contribution is 7.85. The Morgan fingerprint density at radius 1 is 1.50 bits per heavy atom. The lowest BCUT2D eigenvalue weighted by atomic mass is 10.3. The minimum absolute atomic E-state index is 0. The first-order valence-electron chi connectivity index (χ1n) is 3.06. The molecule has 5 nitrogen and oxygen atoms in total. The third-order valence-electron chi connectivity index (χ3n) is 0.823. The van der Waals surface area contributed by atoms with Gasteiger partial charge in [0.1, 0.15) is 0 Å². The summed E-state index contributed by atoms with van der Waals surface area (Å²) in [6.45, 7) is 1.76. The lowest BCUT2D eigenvalue weighted by molar-refractivity contribution is -0.141. The van der Waals surface area contributed by atoms with E-state index in [-0.39, 0.29) is 29.5 Å². The monoisotopic (exact) mass is 206 g/mol. The van der Waals surface area contributed by atoms with Crippen molar-refractivity contribution < 1.29 is 22.5 Å². The largest absolute Gasteiger partial charge is 0.447 e. The molecular weight excluding hydrogens is 196 g/mol. The molecule has 0 aromatic rings. The van der Waals surface area contributed by atoms with Gasteiger partial charge in [0.15, 0.2) is 0 Å². The van der Waals surface area contributed by atoms with Crippen LogP contribution in [0, 0.1) is 0 Å². The molecule has 0 aliphatic rings. The van der Waals surface area contributed by atoms with Crippen molar-refractivity contribution in [1.82, 2.24) is 0 Å². The Balaban J connectivity index is 0.